The maximum absolute atomic E-state index is 11.3. The van der Waals surface area contributed by atoms with Crippen LogP contribution >= 0.6 is 34.5 Å². The molecule has 0 amide bonds. The molecule has 0 saturated carbocycles. The van der Waals surface area contributed by atoms with E-state index in [2.05, 4.69) is 15.2 Å². The van der Waals surface area contributed by atoms with Crippen molar-refractivity contribution < 1.29 is 18.4 Å². The van der Waals surface area contributed by atoms with E-state index >= 15 is 0 Å². The second-order valence-corrected chi connectivity index (χ2v) is 10.2. The number of pyridine rings is 1. The van der Waals surface area contributed by atoms with E-state index in [1.807, 2.05) is 6.92 Å². The largest absolute Gasteiger partial charge is 0.412 e. The monoisotopic (exact) mass is 479 g/mol. The fraction of sp³-hybridized carbons (Fsp3) is 0.312. The van der Waals surface area contributed by atoms with E-state index in [9.17, 15) is 8.42 Å². The Morgan fingerprint density at radius 2 is 2.03 bits per heavy atom. The van der Waals surface area contributed by atoms with Crippen LogP contribution in [-0.4, -0.2) is 35.1 Å². The summed E-state index contributed by atoms with van der Waals surface area (Å²) in [4.78, 5) is 4.45. The zero-order valence-corrected chi connectivity index (χ0v) is 18.3. The number of nitrogens with zero attached hydrogens (tertiary/aromatic N) is 3. The first kappa shape index (κ1) is 23.5. The van der Waals surface area contributed by atoms with Gasteiger partial charge in [0.1, 0.15) is 5.75 Å². The number of rotatable bonds is 4. The third kappa shape index (κ3) is 5.65. The average molecular weight is 480 g/mol. The van der Waals surface area contributed by atoms with Gasteiger partial charge in [0.25, 0.3) is 10.1 Å². The topological polar surface area (TPSA) is 176 Å². The Labute approximate surface area is 181 Å². The van der Waals surface area contributed by atoms with Crippen molar-refractivity contribution in [1.29, 1.82) is 0 Å². The summed E-state index contributed by atoms with van der Waals surface area (Å²) in [5, 5.41) is 7.94. The molecule has 3 rings (SSSR count). The van der Waals surface area contributed by atoms with Gasteiger partial charge in [-0.05, 0) is 48.9 Å². The van der Waals surface area contributed by atoms with Crippen molar-refractivity contribution in [2.75, 3.05) is 0 Å². The van der Waals surface area contributed by atoms with E-state index in [0.29, 0.717) is 32.9 Å². The standard InChI is InChI=1S/C16H17Cl2N5O3S2.H2O/c1-7-2-9(6-28(24,25)26)21-11-3-8(10-5-13(17)27-15(10)18)4-12(14(7)11)22-23-16(19)20;/h2,5,8H,3-4,6H2,1H3,(H4,19,20,23)(H,24,25,26);1H2. The number of hydrogen-bond acceptors (Lipinski definition) is 6. The van der Waals surface area contributed by atoms with Crippen molar-refractivity contribution in [3.05, 3.63) is 48.9 Å². The second kappa shape index (κ2) is 8.94. The maximum atomic E-state index is 11.3. The van der Waals surface area contributed by atoms with E-state index < -0.39 is 15.9 Å². The molecule has 1 aliphatic carbocycles. The van der Waals surface area contributed by atoms with Gasteiger partial charge in [-0.2, -0.15) is 13.5 Å². The zero-order chi connectivity index (χ0) is 20.6. The molecule has 1 aliphatic rings. The lowest BCUT2D eigenvalue weighted by Crippen LogP contribution is -2.25. The van der Waals surface area contributed by atoms with Gasteiger partial charge in [-0.25, -0.2) is 0 Å². The molecular formula is C16H19Cl2N5O4S2. The lowest BCUT2D eigenvalue weighted by Gasteiger charge is -2.26. The number of hydrogen-bond donors (Lipinski definition) is 3. The summed E-state index contributed by atoms with van der Waals surface area (Å²) in [7, 11) is -4.21. The highest BCUT2D eigenvalue weighted by atomic mass is 35.5. The molecule has 13 heteroatoms. The Bertz CT molecular complexity index is 1090. The molecule has 2 aromatic heterocycles. The van der Waals surface area contributed by atoms with Gasteiger partial charge in [0.05, 0.1) is 25.8 Å². The molecule has 9 nitrogen and oxygen atoms in total. The first-order chi connectivity index (χ1) is 13.0. The molecule has 0 aliphatic heterocycles. The first-order valence-electron chi connectivity index (χ1n) is 8.08. The number of aryl methyl sites for hydroxylation is 1. The van der Waals surface area contributed by atoms with Gasteiger partial charge in [-0.1, -0.05) is 23.2 Å². The minimum Gasteiger partial charge on any atom is -0.412 e. The average Bonchev–Trinajstić information content (AvgIpc) is 2.88. The molecule has 7 N–H and O–H groups in total. The number of nitrogens with two attached hydrogens (primary N) is 2. The number of halogens is 2. The number of guanidine groups is 1. The number of thiophene rings is 1. The number of aromatic nitrogens is 1. The zero-order valence-electron chi connectivity index (χ0n) is 15.2. The Morgan fingerprint density at radius 1 is 1.34 bits per heavy atom. The molecule has 0 fully saturated rings. The van der Waals surface area contributed by atoms with Crippen LogP contribution in [0, 0.1) is 6.92 Å². The van der Waals surface area contributed by atoms with Gasteiger partial charge in [0, 0.05) is 5.56 Å². The van der Waals surface area contributed by atoms with Gasteiger partial charge in [-0.15, -0.1) is 16.4 Å². The molecule has 1 atom stereocenters. The Balaban J connectivity index is 0.00000300. The quantitative estimate of drug-likeness (QED) is 0.261. The molecule has 0 spiro atoms. The SMILES string of the molecule is Cc1cc(CS(=O)(=O)O)nc2c1C(=NN=C(N)N)CC(c1cc(Cl)sc1Cl)C2.O. The summed E-state index contributed by atoms with van der Waals surface area (Å²) in [6, 6.07) is 3.41. The second-order valence-electron chi connectivity index (χ2n) is 6.43. The fourth-order valence-electron chi connectivity index (χ4n) is 3.32. The third-order valence-electron chi connectivity index (χ3n) is 4.25. The van der Waals surface area contributed by atoms with Crippen LogP contribution in [0.3, 0.4) is 0 Å². The summed E-state index contributed by atoms with van der Waals surface area (Å²) in [5.74, 6) is -0.831. The van der Waals surface area contributed by atoms with Crippen LogP contribution in [0.2, 0.25) is 8.67 Å². The van der Waals surface area contributed by atoms with E-state index in [-0.39, 0.29) is 23.0 Å². The van der Waals surface area contributed by atoms with Crippen LogP contribution in [0.1, 0.15) is 40.4 Å². The van der Waals surface area contributed by atoms with Crippen LogP contribution in [0.5, 0.6) is 0 Å². The summed E-state index contributed by atoms with van der Waals surface area (Å²) in [6.07, 6.45) is 1.01. The Hall–Kier alpha value is -1.76. The highest BCUT2D eigenvalue weighted by Gasteiger charge is 2.30. The van der Waals surface area contributed by atoms with E-state index in [1.165, 1.54) is 11.3 Å². The van der Waals surface area contributed by atoms with Gasteiger partial charge in [0.15, 0.2) is 0 Å². The fourth-order valence-corrected chi connectivity index (χ4v) is 5.46. The van der Waals surface area contributed by atoms with Crippen molar-refractivity contribution in [2.24, 2.45) is 21.7 Å². The van der Waals surface area contributed by atoms with Gasteiger partial charge in [-0.3, -0.25) is 9.54 Å². The molecule has 2 aromatic rings. The molecule has 158 valence electrons. The van der Waals surface area contributed by atoms with Crippen molar-refractivity contribution in [3.63, 3.8) is 0 Å². The summed E-state index contributed by atoms with van der Waals surface area (Å²) >= 11 is 13.7. The summed E-state index contributed by atoms with van der Waals surface area (Å²) in [5.41, 5.74) is 14.7. The van der Waals surface area contributed by atoms with Crippen molar-refractivity contribution in [2.45, 2.75) is 31.4 Å². The van der Waals surface area contributed by atoms with Gasteiger partial charge in [0.2, 0.25) is 5.96 Å². The van der Waals surface area contributed by atoms with Crippen LogP contribution in [-0.2, 0) is 22.3 Å². The van der Waals surface area contributed by atoms with Crippen molar-refractivity contribution in [3.8, 4) is 0 Å². The van der Waals surface area contributed by atoms with Crippen molar-refractivity contribution in [1.82, 2.24) is 4.98 Å². The van der Waals surface area contributed by atoms with Gasteiger partial charge >= 0.3 is 0 Å². The third-order valence-corrected chi connectivity index (χ3v) is 6.43. The molecule has 1 unspecified atom stereocenters. The highest BCUT2D eigenvalue weighted by molar-refractivity contribution is 7.85. The smallest absolute Gasteiger partial charge is 0.270 e. The Morgan fingerprint density at radius 3 is 2.59 bits per heavy atom. The van der Waals surface area contributed by atoms with E-state index in [1.54, 1.807) is 12.1 Å². The van der Waals surface area contributed by atoms with Crippen LogP contribution in [0.15, 0.2) is 22.3 Å². The van der Waals surface area contributed by atoms with Crippen LogP contribution < -0.4 is 11.5 Å². The first-order valence-corrected chi connectivity index (χ1v) is 11.3. The Kier molecular flexibility index (Phi) is 7.25. The lowest BCUT2D eigenvalue weighted by molar-refractivity contribution is 0.481. The highest BCUT2D eigenvalue weighted by Crippen LogP contribution is 2.41. The van der Waals surface area contributed by atoms with E-state index in [0.717, 1.165) is 16.7 Å². The van der Waals surface area contributed by atoms with Crippen LogP contribution in [0.4, 0.5) is 0 Å². The molecular weight excluding hydrogens is 461 g/mol. The minimum absolute atomic E-state index is 0. The normalized spacial score (nSPS) is 17.5. The maximum Gasteiger partial charge on any atom is 0.270 e. The van der Waals surface area contributed by atoms with Crippen molar-refractivity contribution >= 4 is 56.3 Å². The molecule has 29 heavy (non-hydrogen) atoms. The number of fused-ring (bicyclic) bond motifs is 1. The molecule has 2 heterocycles. The molecule has 0 radical (unpaired) electrons. The lowest BCUT2D eigenvalue weighted by atomic mass is 9.80. The van der Waals surface area contributed by atoms with Gasteiger partial charge < -0.3 is 16.9 Å². The minimum atomic E-state index is -4.21. The molecule has 0 aromatic carbocycles. The summed E-state index contributed by atoms with van der Waals surface area (Å²) in [6.45, 7) is 1.81. The predicted octanol–water partition coefficient (Wildman–Crippen LogP) is 2.03. The molecule has 0 saturated heterocycles. The van der Waals surface area contributed by atoms with E-state index in [4.69, 9.17) is 39.2 Å². The predicted molar refractivity (Wildman–Crippen MR) is 116 cm³/mol. The molecule has 0 bridgehead atoms. The van der Waals surface area contributed by atoms with Crippen LogP contribution in [0.25, 0.3) is 0 Å². The summed E-state index contributed by atoms with van der Waals surface area (Å²) < 4.78 is 32.8.